The summed E-state index contributed by atoms with van der Waals surface area (Å²) < 4.78 is 5.68. The van der Waals surface area contributed by atoms with Gasteiger partial charge in [0, 0.05) is 6.54 Å². The molecule has 0 unspecified atom stereocenters. The van der Waals surface area contributed by atoms with Crippen LogP contribution in [0, 0.1) is 13.8 Å². The van der Waals surface area contributed by atoms with Crippen LogP contribution < -0.4 is 10.1 Å². The van der Waals surface area contributed by atoms with Crippen LogP contribution in [0.5, 0.6) is 5.75 Å². The molecule has 116 valence electrons. The third kappa shape index (κ3) is 4.25. The van der Waals surface area contributed by atoms with E-state index in [0.29, 0.717) is 24.4 Å². The highest BCUT2D eigenvalue weighted by Crippen LogP contribution is 2.20. The second-order valence-corrected chi connectivity index (χ2v) is 5.25. The third-order valence-corrected chi connectivity index (χ3v) is 3.38. The van der Waals surface area contributed by atoms with E-state index in [2.05, 4.69) is 5.32 Å². The van der Waals surface area contributed by atoms with Gasteiger partial charge in [-0.05, 0) is 49.6 Å². The summed E-state index contributed by atoms with van der Waals surface area (Å²) in [6.45, 7) is 5.18. The van der Waals surface area contributed by atoms with Crippen molar-refractivity contribution >= 4 is 11.7 Å². The largest absolute Gasteiger partial charge is 0.494 e. The summed E-state index contributed by atoms with van der Waals surface area (Å²) in [6.07, 6.45) is 0.793. The highest BCUT2D eigenvalue weighted by atomic mass is 16.5. The summed E-state index contributed by atoms with van der Waals surface area (Å²) in [5, 5.41) is 12.4. The maximum absolute atomic E-state index is 11.2. The fourth-order valence-electron chi connectivity index (χ4n) is 2.26. The van der Waals surface area contributed by atoms with E-state index in [-0.39, 0.29) is 0 Å². The van der Waals surface area contributed by atoms with Gasteiger partial charge in [0.1, 0.15) is 5.75 Å². The fraction of sp³-hybridized carbons (Fsp3) is 0.278. The van der Waals surface area contributed by atoms with Crippen LogP contribution in [0.1, 0.15) is 27.9 Å². The molecule has 0 saturated heterocycles. The quantitative estimate of drug-likeness (QED) is 0.762. The fourth-order valence-corrected chi connectivity index (χ4v) is 2.26. The summed E-state index contributed by atoms with van der Waals surface area (Å²) >= 11 is 0. The minimum atomic E-state index is -0.915. The number of carboxylic acid groups (broad SMARTS) is 1. The molecule has 2 N–H and O–H groups in total. The Hall–Kier alpha value is -2.49. The first-order chi connectivity index (χ1) is 10.6. The number of rotatable bonds is 7. The molecule has 0 atom stereocenters. The van der Waals surface area contributed by atoms with E-state index in [0.717, 1.165) is 17.7 Å². The zero-order valence-corrected chi connectivity index (χ0v) is 12.9. The molecular formula is C18H21NO3. The highest BCUT2D eigenvalue weighted by molar-refractivity contribution is 5.95. The Labute approximate surface area is 130 Å². The number of nitrogens with one attached hydrogen (secondary N) is 1. The predicted molar refractivity (Wildman–Crippen MR) is 87.9 cm³/mol. The Morgan fingerprint density at radius 1 is 1.18 bits per heavy atom. The van der Waals surface area contributed by atoms with Crippen LogP contribution in [-0.2, 0) is 0 Å². The second kappa shape index (κ2) is 7.50. The normalized spacial score (nSPS) is 10.3. The summed E-state index contributed by atoms with van der Waals surface area (Å²) in [4.78, 5) is 11.2. The molecule has 0 fully saturated rings. The van der Waals surface area contributed by atoms with Crippen molar-refractivity contribution < 1.29 is 14.6 Å². The summed E-state index contributed by atoms with van der Waals surface area (Å²) in [5.74, 6) is -0.0515. The van der Waals surface area contributed by atoms with E-state index >= 15 is 0 Å². The van der Waals surface area contributed by atoms with E-state index in [1.807, 2.05) is 44.2 Å². The van der Waals surface area contributed by atoms with Crippen LogP contribution in [0.25, 0.3) is 0 Å². The van der Waals surface area contributed by atoms with E-state index in [1.165, 1.54) is 5.56 Å². The Balaban J connectivity index is 1.83. The lowest BCUT2D eigenvalue weighted by molar-refractivity contribution is 0.0698. The standard InChI is InChI=1S/C18H21NO3/c1-13-6-3-8-15(12-13)22-11-5-10-19-17-14(2)7-4-9-16(17)18(20)21/h3-4,6-9,12,19H,5,10-11H2,1-2H3,(H,20,21). The highest BCUT2D eigenvalue weighted by Gasteiger charge is 2.11. The Morgan fingerprint density at radius 3 is 2.68 bits per heavy atom. The Bertz CT molecular complexity index is 653. The first-order valence-corrected chi connectivity index (χ1v) is 7.34. The molecule has 4 nitrogen and oxygen atoms in total. The molecule has 4 heteroatoms. The molecule has 2 rings (SSSR count). The van der Waals surface area contributed by atoms with Crippen molar-refractivity contribution in [3.8, 4) is 5.75 Å². The van der Waals surface area contributed by atoms with Crippen LogP contribution in [0.2, 0.25) is 0 Å². The molecule has 0 spiro atoms. The number of anilines is 1. The summed E-state index contributed by atoms with van der Waals surface area (Å²) in [6, 6.07) is 13.2. The van der Waals surface area contributed by atoms with Gasteiger partial charge in [-0.2, -0.15) is 0 Å². The van der Waals surface area contributed by atoms with Crippen LogP contribution in [-0.4, -0.2) is 24.2 Å². The molecule has 0 heterocycles. The maximum atomic E-state index is 11.2. The lowest BCUT2D eigenvalue weighted by Crippen LogP contribution is -2.11. The zero-order chi connectivity index (χ0) is 15.9. The third-order valence-electron chi connectivity index (χ3n) is 3.38. The van der Waals surface area contributed by atoms with Gasteiger partial charge in [0.2, 0.25) is 0 Å². The van der Waals surface area contributed by atoms with Crippen LogP contribution in [0.4, 0.5) is 5.69 Å². The van der Waals surface area contributed by atoms with Crippen molar-refractivity contribution in [3.05, 3.63) is 59.2 Å². The van der Waals surface area contributed by atoms with Crippen molar-refractivity contribution in [3.63, 3.8) is 0 Å². The molecule has 0 aromatic heterocycles. The molecule has 0 aliphatic heterocycles. The topological polar surface area (TPSA) is 58.6 Å². The minimum absolute atomic E-state index is 0.305. The first kappa shape index (κ1) is 15.9. The number of aryl methyl sites for hydroxylation is 2. The van der Waals surface area contributed by atoms with Gasteiger partial charge >= 0.3 is 5.97 Å². The smallest absolute Gasteiger partial charge is 0.337 e. The van der Waals surface area contributed by atoms with E-state index in [1.54, 1.807) is 12.1 Å². The molecular weight excluding hydrogens is 278 g/mol. The predicted octanol–water partition coefficient (Wildman–Crippen LogP) is 3.88. The van der Waals surface area contributed by atoms with Crippen LogP contribution in [0.3, 0.4) is 0 Å². The number of aromatic carboxylic acids is 1. The van der Waals surface area contributed by atoms with Crippen molar-refractivity contribution in [2.24, 2.45) is 0 Å². The van der Waals surface area contributed by atoms with Crippen LogP contribution >= 0.6 is 0 Å². The van der Waals surface area contributed by atoms with Crippen molar-refractivity contribution in [1.29, 1.82) is 0 Å². The minimum Gasteiger partial charge on any atom is -0.494 e. The Morgan fingerprint density at radius 2 is 1.95 bits per heavy atom. The maximum Gasteiger partial charge on any atom is 0.337 e. The number of para-hydroxylation sites is 1. The SMILES string of the molecule is Cc1cccc(OCCCNc2c(C)cccc2C(=O)O)c1. The first-order valence-electron chi connectivity index (χ1n) is 7.34. The van der Waals surface area contributed by atoms with E-state index in [9.17, 15) is 9.90 Å². The molecule has 22 heavy (non-hydrogen) atoms. The van der Waals surface area contributed by atoms with Gasteiger partial charge in [0.05, 0.1) is 17.9 Å². The van der Waals surface area contributed by atoms with Gasteiger partial charge in [-0.15, -0.1) is 0 Å². The molecule has 0 aliphatic carbocycles. The zero-order valence-electron chi connectivity index (χ0n) is 12.9. The van der Waals surface area contributed by atoms with Crippen molar-refractivity contribution in [1.82, 2.24) is 0 Å². The second-order valence-electron chi connectivity index (χ2n) is 5.25. The van der Waals surface area contributed by atoms with Crippen molar-refractivity contribution in [2.45, 2.75) is 20.3 Å². The average Bonchev–Trinajstić information content (AvgIpc) is 2.48. The van der Waals surface area contributed by atoms with Gasteiger partial charge in [-0.3, -0.25) is 0 Å². The number of benzene rings is 2. The number of hydrogen-bond donors (Lipinski definition) is 2. The summed E-state index contributed by atoms with van der Waals surface area (Å²) in [5.41, 5.74) is 3.09. The van der Waals surface area contributed by atoms with Gasteiger partial charge in [-0.1, -0.05) is 24.3 Å². The van der Waals surface area contributed by atoms with E-state index < -0.39 is 5.97 Å². The molecule has 0 aliphatic rings. The number of hydrogen-bond acceptors (Lipinski definition) is 3. The molecule has 2 aromatic carbocycles. The van der Waals surface area contributed by atoms with E-state index in [4.69, 9.17) is 4.74 Å². The average molecular weight is 299 g/mol. The van der Waals surface area contributed by atoms with Crippen LogP contribution in [0.15, 0.2) is 42.5 Å². The van der Waals surface area contributed by atoms with Gasteiger partial charge in [-0.25, -0.2) is 4.79 Å². The van der Waals surface area contributed by atoms with Gasteiger partial charge in [0.15, 0.2) is 0 Å². The molecule has 0 saturated carbocycles. The number of ether oxygens (including phenoxy) is 1. The molecule has 0 bridgehead atoms. The Kier molecular flexibility index (Phi) is 5.42. The molecule has 0 amide bonds. The number of carboxylic acids is 1. The number of carbonyl (C=O) groups is 1. The lowest BCUT2D eigenvalue weighted by Gasteiger charge is -2.13. The molecule has 0 radical (unpaired) electrons. The van der Waals surface area contributed by atoms with Gasteiger partial charge in [0.25, 0.3) is 0 Å². The molecule has 2 aromatic rings. The summed E-state index contributed by atoms with van der Waals surface area (Å²) in [7, 11) is 0. The lowest BCUT2D eigenvalue weighted by atomic mass is 10.1. The van der Waals surface area contributed by atoms with Gasteiger partial charge < -0.3 is 15.2 Å². The monoisotopic (exact) mass is 299 g/mol. The van der Waals surface area contributed by atoms with Crippen molar-refractivity contribution in [2.75, 3.05) is 18.5 Å².